The number of ether oxygens (including phenoxy) is 1. The summed E-state index contributed by atoms with van der Waals surface area (Å²) in [6.07, 6.45) is 6.82. The van der Waals surface area contributed by atoms with Crippen molar-refractivity contribution in [2.45, 2.75) is 31.8 Å². The molecule has 64 valence electrons. The van der Waals surface area contributed by atoms with Crippen molar-refractivity contribution in [1.29, 1.82) is 5.26 Å². The molecule has 2 fully saturated rings. The van der Waals surface area contributed by atoms with E-state index in [4.69, 9.17) is 10.00 Å². The van der Waals surface area contributed by atoms with Gasteiger partial charge in [0.2, 0.25) is 0 Å². The quantitative estimate of drug-likeness (QED) is 0.554. The van der Waals surface area contributed by atoms with E-state index in [0.29, 0.717) is 11.5 Å². The number of hydrogen-bond acceptors (Lipinski definition) is 2. The second-order valence-electron chi connectivity index (χ2n) is 3.74. The lowest BCUT2D eigenvalue weighted by Crippen LogP contribution is -2.52. The third kappa shape index (κ3) is 0.776. The van der Waals surface area contributed by atoms with Crippen molar-refractivity contribution in [3.8, 4) is 6.07 Å². The zero-order valence-corrected chi connectivity index (χ0v) is 7.34. The Labute approximate surface area is 72.8 Å². The lowest BCUT2D eigenvalue weighted by atomic mass is 9.51. The highest BCUT2D eigenvalue weighted by atomic mass is 16.5. The summed E-state index contributed by atoms with van der Waals surface area (Å²) in [5.41, 5.74) is 1.62. The highest BCUT2D eigenvalue weighted by Gasteiger charge is 2.54. The van der Waals surface area contributed by atoms with Crippen LogP contribution in [0.1, 0.15) is 25.7 Å². The largest absolute Gasteiger partial charge is 0.380 e. The van der Waals surface area contributed by atoms with E-state index in [2.05, 4.69) is 6.07 Å². The van der Waals surface area contributed by atoms with E-state index in [0.717, 1.165) is 6.42 Å². The predicted molar refractivity (Wildman–Crippen MR) is 45.4 cm³/mol. The second kappa shape index (κ2) is 2.60. The summed E-state index contributed by atoms with van der Waals surface area (Å²) in [6, 6.07) is 2.12. The molecule has 2 nitrogen and oxygen atoms in total. The van der Waals surface area contributed by atoms with E-state index in [1.54, 1.807) is 13.2 Å². The first-order valence-corrected chi connectivity index (χ1v) is 4.45. The average molecular weight is 163 g/mol. The number of methoxy groups -OCH3 is 1. The van der Waals surface area contributed by atoms with E-state index < -0.39 is 0 Å². The maximum atomic E-state index is 8.55. The van der Waals surface area contributed by atoms with Gasteiger partial charge in [0.25, 0.3) is 0 Å². The molecule has 2 aliphatic rings. The molecule has 0 bridgehead atoms. The molecule has 1 atom stereocenters. The first-order chi connectivity index (χ1) is 5.83. The van der Waals surface area contributed by atoms with Crippen LogP contribution in [0.4, 0.5) is 0 Å². The Morgan fingerprint density at radius 1 is 1.67 bits per heavy atom. The fourth-order valence-corrected chi connectivity index (χ4v) is 2.46. The van der Waals surface area contributed by atoms with Crippen LogP contribution >= 0.6 is 0 Å². The molecule has 2 aliphatic carbocycles. The Bertz CT molecular complexity index is 258. The molecule has 0 aromatic heterocycles. The van der Waals surface area contributed by atoms with Gasteiger partial charge in [-0.25, -0.2) is 0 Å². The van der Waals surface area contributed by atoms with Crippen molar-refractivity contribution >= 4 is 0 Å². The van der Waals surface area contributed by atoms with E-state index in [-0.39, 0.29) is 0 Å². The molecule has 0 aromatic carbocycles. The van der Waals surface area contributed by atoms with Crippen LogP contribution in [-0.4, -0.2) is 13.2 Å². The van der Waals surface area contributed by atoms with Gasteiger partial charge < -0.3 is 4.74 Å². The molecule has 0 amide bonds. The standard InChI is InChI=1S/C10H13NO/c1-12-9-7-8(3-6-11)10(9)4-2-5-10/h3,9H,2,4-5,7H2,1H3/b8-3+. The molecule has 2 heteroatoms. The third-order valence-electron chi connectivity index (χ3n) is 3.43. The molecule has 2 saturated carbocycles. The van der Waals surface area contributed by atoms with Gasteiger partial charge in [-0.2, -0.15) is 5.26 Å². The predicted octanol–water partition coefficient (Wildman–Crippen LogP) is 2.03. The minimum Gasteiger partial charge on any atom is -0.380 e. The van der Waals surface area contributed by atoms with Crippen molar-refractivity contribution in [2.24, 2.45) is 5.41 Å². The summed E-state index contributed by atoms with van der Waals surface area (Å²) in [4.78, 5) is 0. The van der Waals surface area contributed by atoms with E-state index >= 15 is 0 Å². The number of hydrogen-bond donors (Lipinski definition) is 0. The molecule has 0 heterocycles. The first-order valence-electron chi connectivity index (χ1n) is 4.45. The van der Waals surface area contributed by atoms with Crippen LogP contribution in [0.2, 0.25) is 0 Å². The topological polar surface area (TPSA) is 33.0 Å². The van der Waals surface area contributed by atoms with Crippen LogP contribution in [0.15, 0.2) is 11.6 Å². The Hall–Kier alpha value is -0.810. The normalized spacial score (nSPS) is 34.0. The van der Waals surface area contributed by atoms with Crippen molar-refractivity contribution < 1.29 is 4.74 Å². The first kappa shape index (κ1) is 7.82. The second-order valence-corrected chi connectivity index (χ2v) is 3.74. The van der Waals surface area contributed by atoms with Gasteiger partial charge in [0.1, 0.15) is 0 Å². The zero-order chi connectivity index (χ0) is 8.60. The van der Waals surface area contributed by atoms with Gasteiger partial charge in [-0.15, -0.1) is 0 Å². The van der Waals surface area contributed by atoms with Gasteiger partial charge in [-0.3, -0.25) is 0 Å². The van der Waals surface area contributed by atoms with Crippen LogP contribution in [-0.2, 0) is 4.74 Å². The fraction of sp³-hybridized carbons (Fsp3) is 0.700. The number of rotatable bonds is 1. The molecule has 1 spiro atoms. The Morgan fingerprint density at radius 3 is 2.83 bits per heavy atom. The van der Waals surface area contributed by atoms with Crippen molar-refractivity contribution in [3.63, 3.8) is 0 Å². The van der Waals surface area contributed by atoms with Crippen LogP contribution in [0.3, 0.4) is 0 Å². The highest BCUT2D eigenvalue weighted by molar-refractivity contribution is 5.34. The maximum Gasteiger partial charge on any atom is 0.0911 e. The minimum absolute atomic E-state index is 0.296. The van der Waals surface area contributed by atoms with Gasteiger partial charge in [0.05, 0.1) is 12.2 Å². The van der Waals surface area contributed by atoms with Crippen LogP contribution < -0.4 is 0 Å². The summed E-state index contributed by atoms with van der Waals surface area (Å²) in [7, 11) is 1.77. The number of nitriles is 1. The fourth-order valence-electron chi connectivity index (χ4n) is 2.46. The maximum absolute atomic E-state index is 8.55. The number of nitrogens with zero attached hydrogens (tertiary/aromatic N) is 1. The molecule has 1 unspecified atom stereocenters. The summed E-state index contributed by atoms with van der Waals surface area (Å²) in [6.45, 7) is 0. The van der Waals surface area contributed by atoms with Crippen molar-refractivity contribution in [2.75, 3.05) is 7.11 Å². The molecule has 0 radical (unpaired) electrons. The Kier molecular flexibility index (Phi) is 1.69. The minimum atomic E-state index is 0.296. The van der Waals surface area contributed by atoms with Gasteiger partial charge in [0.15, 0.2) is 0 Å². The Morgan fingerprint density at radius 2 is 2.42 bits per heavy atom. The molecular weight excluding hydrogens is 150 g/mol. The van der Waals surface area contributed by atoms with Crippen LogP contribution in [0.5, 0.6) is 0 Å². The molecule has 0 saturated heterocycles. The van der Waals surface area contributed by atoms with E-state index in [1.807, 2.05) is 0 Å². The van der Waals surface area contributed by atoms with Crippen molar-refractivity contribution in [3.05, 3.63) is 11.6 Å². The SMILES string of the molecule is COC1C/C(=C\C#N)C12CCC2. The smallest absolute Gasteiger partial charge is 0.0911 e. The lowest BCUT2D eigenvalue weighted by molar-refractivity contribution is -0.0849. The molecule has 2 rings (SSSR count). The average Bonchev–Trinajstić information content (AvgIpc) is 1.93. The molecule has 12 heavy (non-hydrogen) atoms. The van der Waals surface area contributed by atoms with Gasteiger partial charge >= 0.3 is 0 Å². The van der Waals surface area contributed by atoms with E-state index in [1.165, 1.54) is 24.8 Å². The lowest BCUT2D eigenvalue weighted by Gasteiger charge is -2.56. The number of allylic oxidation sites excluding steroid dienone is 1. The van der Waals surface area contributed by atoms with Crippen molar-refractivity contribution in [1.82, 2.24) is 0 Å². The van der Waals surface area contributed by atoms with Gasteiger partial charge in [-0.05, 0) is 24.8 Å². The molecular formula is C10H13NO. The van der Waals surface area contributed by atoms with Crippen LogP contribution in [0, 0.1) is 16.7 Å². The molecule has 0 aromatic rings. The van der Waals surface area contributed by atoms with E-state index in [9.17, 15) is 0 Å². The third-order valence-corrected chi connectivity index (χ3v) is 3.43. The Balaban J connectivity index is 2.15. The summed E-state index contributed by atoms with van der Waals surface area (Å²) in [5.74, 6) is 0. The summed E-state index contributed by atoms with van der Waals surface area (Å²) < 4.78 is 5.37. The monoisotopic (exact) mass is 163 g/mol. The van der Waals surface area contributed by atoms with Crippen LogP contribution in [0.25, 0.3) is 0 Å². The summed E-state index contributed by atoms with van der Waals surface area (Å²) >= 11 is 0. The van der Waals surface area contributed by atoms with Gasteiger partial charge in [-0.1, -0.05) is 6.42 Å². The zero-order valence-electron chi connectivity index (χ0n) is 7.34. The summed E-state index contributed by atoms with van der Waals surface area (Å²) in [5, 5.41) is 8.55. The van der Waals surface area contributed by atoms with Gasteiger partial charge in [0, 0.05) is 18.6 Å². The molecule has 0 N–H and O–H groups in total. The highest BCUT2D eigenvalue weighted by Crippen LogP contribution is 2.60. The molecule has 0 aliphatic heterocycles.